The third kappa shape index (κ3) is 0.732. The molecule has 2 rings (SSSR count). The van der Waals surface area contributed by atoms with Crippen LogP contribution in [0.3, 0.4) is 0 Å². The molecule has 1 aliphatic carbocycles. The van der Waals surface area contributed by atoms with E-state index in [0.717, 1.165) is 12.1 Å². The van der Waals surface area contributed by atoms with Crippen LogP contribution in [0.5, 0.6) is 0 Å². The van der Waals surface area contributed by atoms with E-state index in [4.69, 9.17) is 4.84 Å². The molecule has 2 aliphatic rings. The maximum absolute atomic E-state index is 11.4. The van der Waals surface area contributed by atoms with E-state index in [9.17, 15) is 4.79 Å². The average molecular weight is 218 g/mol. The summed E-state index contributed by atoms with van der Waals surface area (Å²) in [7, 11) is 0. The normalized spacial score (nSPS) is 41.8. The number of oxime groups is 1. The molecule has 0 saturated heterocycles. The van der Waals surface area contributed by atoms with Crippen molar-refractivity contribution in [2.24, 2.45) is 5.16 Å². The van der Waals surface area contributed by atoms with Gasteiger partial charge in [0.05, 0.1) is 5.71 Å². The molecule has 4 heteroatoms. The Morgan fingerprint density at radius 2 is 2.55 bits per heavy atom. The Morgan fingerprint density at radius 1 is 1.82 bits per heavy atom. The van der Waals surface area contributed by atoms with Gasteiger partial charge in [0.25, 0.3) is 0 Å². The number of ketones is 1. The summed E-state index contributed by atoms with van der Waals surface area (Å²) in [5.74, 6) is 0.196. The predicted octanol–water partition coefficient (Wildman–Crippen LogP) is 1.26. The maximum atomic E-state index is 11.4. The first-order valence-corrected chi connectivity index (χ1v) is 4.38. The van der Waals surface area contributed by atoms with Crippen LogP contribution in [0.15, 0.2) is 5.16 Å². The highest BCUT2D eigenvalue weighted by Gasteiger charge is 2.55. The highest BCUT2D eigenvalue weighted by Crippen LogP contribution is 2.41. The standard InChI is InChI=1S/C7H8BrNO2/c1-4-7(8)5(10)2-3-6(7)11-9-4/h6H,2-3H2,1H3. The van der Waals surface area contributed by atoms with E-state index in [1.54, 1.807) is 0 Å². The highest BCUT2D eigenvalue weighted by molar-refractivity contribution is 9.10. The van der Waals surface area contributed by atoms with Crippen molar-refractivity contribution < 1.29 is 9.63 Å². The van der Waals surface area contributed by atoms with Gasteiger partial charge in [-0.25, -0.2) is 0 Å². The molecule has 0 spiro atoms. The largest absolute Gasteiger partial charge is 0.390 e. The molecule has 0 amide bonds. The monoisotopic (exact) mass is 217 g/mol. The Labute approximate surface area is 72.9 Å². The number of halogens is 1. The third-order valence-electron chi connectivity index (χ3n) is 2.33. The first kappa shape index (κ1) is 7.28. The molecule has 1 heterocycles. The van der Waals surface area contributed by atoms with E-state index in [-0.39, 0.29) is 11.9 Å². The van der Waals surface area contributed by atoms with Crippen LogP contribution >= 0.6 is 15.9 Å². The molecule has 0 N–H and O–H groups in total. The lowest BCUT2D eigenvalue weighted by molar-refractivity contribution is -0.118. The van der Waals surface area contributed by atoms with Crippen molar-refractivity contribution in [1.82, 2.24) is 0 Å². The van der Waals surface area contributed by atoms with Gasteiger partial charge in [-0.1, -0.05) is 21.1 Å². The first-order chi connectivity index (χ1) is 5.15. The van der Waals surface area contributed by atoms with Crippen molar-refractivity contribution in [3.05, 3.63) is 0 Å². The Balaban J connectivity index is 2.43. The summed E-state index contributed by atoms with van der Waals surface area (Å²) in [4.78, 5) is 16.5. The fourth-order valence-electron chi connectivity index (χ4n) is 1.59. The number of hydrogen-bond acceptors (Lipinski definition) is 3. The topological polar surface area (TPSA) is 38.7 Å². The van der Waals surface area contributed by atoms with Gasteiger partial charge in [-0.2, -0.15) is 0 Å². The van der Waals surface area contributed by atoms with Crippen molar-refractivity contribution in [2.45, 2.75) is 30.2 Å². The van der Waals surface area contributed by atoms with Gasteiger partial charge in [-0.3, -0.25) is 4.79 Å². The third-order valence-corrected chi connectivity index (χ3v) is 3.85. The van der Waals surface area contributed by atoms with Crippen molar-refractivity contribution >= 4 is 27.4 Å². The number of alkyl halides is 1. The number of hydrogen-bond donors (Lipinski definition) is 0. The summed E-state index contributed by atoms with van der Waals surface area (Å²) >= 11 is 3.40. The number of nitrogens with zero attached hydrogens (tertiary/aromatic N) is 1. The summed E-state index contributed by atoms with van der Waals surface area (Å²) in [6.45, 7) is 1.82. The molecular weight excluding hydrogens is 210 g/mol. The number of fused-ring (bicyclic) bond motifs is 1. The second-order valence-corrected chi connectivity index (χ2v) is 4.20. The minimum absolute atomic E-state index is 0.0602. The fraction of sp³-hybridized carbons (Fsp3) is 0.714. The van der Waals surface area contributed by atoms with Crippen LogP contribution in [-0.4, -0.2) is 21.9 Å². The summed E-state index contributed by atoms with van der Waals surface area (Å²) in [5.41, 5.74) is 0.755. The van der Waals surface area contributed by atoms with E-state index >= 15 is 0 Å². The zero-order valence-corrected chi connectivity index (χ0v) is 7.72. The van der Waals surface area contributed by atoms with E-state index in [0.29, 0.717) is 6.42 Å². The maximum Gasteiger partial charge on any atom is 0.164 e. The molecule has 1 aliphatic heterocycles. The lowest BCUT2D eigenvalue weighted by atomic mass is 10.0. The molecule has 0 bridgehead atoms. The Bertz CT molecular complexity index is 251. The predicted molar refractivity (Wildman–Crippen MR) is 43.9 cm³/mol. The summed E-state index contributed by atoms with van der Waals surface area (Å²) in [6.07, 6.45) is 1.32. The van der Waals surface area contributed by atoms with Gasteiger partial charge < -0.3 is 4.84 Å². The Kier molecular flexibility index (Phi) is 1.36. The molecule has 0 aromatic heterocycles. The van der Waals surface area contributed by atoms with E-state index in [2.05, 4.69) is 21.1 Å². The molecule has 0 aromatic rings. The minimum atomic E-state index is -0.576. The summed E-state index contributed by atoms with van der Waals surface area (Å²) in [5, 5.41) is 3.79. The van der Waals surface area contributed by atoms with Gasteiger partial charge in [0, 0.05) is 6.42 Å². The number of Topliss-reactive ketones (excluding diaryl/α,β-unsaturated/α-hetero) is 1. The molecule has 2 atom stereocenters. The van der Waals surface area contributed by atoms with Gasteiger partial charge in [-0.05, 0) is 13.3 Å². The van der Waals surface area contributed by atoms with Gasteiger partial charge in [0.15, 0.2) is 16.2 Å². The lowest BCUT2D eigenvalue weighted by Crippen LogP contribution is -2.40. The van der Waals surface area contributed by atoms with Gasteiger partial charge >= 0.3 is 0 Å². The molecule has 11 heavy (non-hydrogen) atoms. The Hall–Kier alpha value is -0.380. The molecule has 1 fully saturated rings. The van der Waals surface area contributed by atoms with Crippen LogP contribution < -0.4 is 0 Å². The molecular formula is C7H8BrNO2. The molecule has 3 nitrogen and oxygen atoms in total. The zero-order chi connectivity index (χ0) is 8.06. The first-order valence-electron chi connectivity index (χ1n) is 3.59. The minimum Gasteiger partial charge on any atom is -0.390 e. The summed E-state index contributed by atoms with van der Waals surface area (Å²) in [6, 6.07) is 0. The van der Waals surface area contributed by atoms with Crippen molar-refractivity contribution in [3.63, 3.8) is 0 Å². The van der Waals surface area contributed by atoms with Crippen LogP contribution in [0.1, 0.15) is 19.8 Å². The van der Waals surface area contributed by atoms with E-state index in [1.165, 1.54) is 0 Å². The van der Waals surface area contributed by atoms with Crippen LogP contribution in [0, 0.1) is 0 Å². The van der Waals surface area contributed by atoms with Gasteiger partial charge in [0.2, 0.25) is 0 Å². The van der Waals surface area contributed by atoms with Gasteiger partial charge in [-0.15, -0.1) is 0 Å². The SMILES string of the molecule is CC1=NOC2CCC(=O)C12Br. The molecule has 60 valence electrons. The Morgan fingerprint density at radius 3 is 3.18 bits per heavy atom. The highest BCUT2D eigenvalue weighted by atomic mass is 79.9. The fourth-order valence-corrected chi connectivity index (χ4v) is 2.17. The molecule has 1 saturated carbocycles. The zero-order valence-electron chi connectivity index (χ0n) is 6.13. The number of rotatable bonds is 0. The smallest absolute Gasteiger partial charge is 0.164 e. The van der Waals surface area contributed by atoms with Crippen molar-refractivity contribution in [2.75, 3.05) is 0 Å². The van der Waals surface area contributed by atoms with Gasteiger partial charge in [0.1, 0.15) is 0 Å². The second-order valence-electron chi connectivity index (χ2n) is 2.94. The quantitative estimate of drug-likeness (QED) is 0.574. The van der Waals surface area contributed by atoms with Crippen LogP contribution in [0.2, 0.25) is 0 Å². The van der Waals surface area contributed by atoms with Crippen molar-refractivity contribution in [3.8, 4) is 0 Å². The lowest BCUT2D eigenvalue weighted by Gasteiger charge is -2.16. The average Bonchev–Trinajstić information content (AvgIpc) is 2.40. The number of carbonyl (C=O) groups is 1. The van der Waals surface area contributed by atoms with Crippen LogP contribution in [-0.2, 0) is 9.63 Å². The van der Waals surface area contributed by atoms with Crippen LogP contribution in [0.4, 0.5) is 0 Å². The van der Waals surface area contributed by atoms with E-state index < -0.39 is 4.32 Å². The number of carbonyl (C=O) groups excluding carboxylic acids is 1. The molecule has 0 aromatic carbocycles. The van der Waals surface area contributed by atoms with Crippen LogP contribution in [0.25, 0.3) is 0 Å². The summed E-state index contributed by atoms with van der Waals surface area (Å²) < 4.78 is -0.576. The molecule has 0 radical (unpaired) electrons. The van der Waals surface area contributed by atoms with Crippen molar-refractivity contribution in [1.29, 1.82) is 0 Å². The van der Waals surface area contributed by atoms with E-state index in [1.807, 2.05) is 6.92 Å². The second kappa shape index (κ2) is 2.06. The molecule has 2 unspecified atom stereocenters.